The van der Waals surface area contributed by atoms with E-state index in [1.165, 1.54) is 4.90 Å². The van der Waals surface area contributed by atoms with Crippen molar-refractivity contribution in [2.45, 2.75) is 44.2 Å². The average molecular weight is 485 g/mol. The third-order valence-electron chi connectivity index (χ3n) is 6.55. The van der Waals surface area contributed by atoms with E-state index in [1.54, 1.807) is 0 Å². The number of sulfonamides is 1. The van der Waals surface area contributed by atoms with Crippen LogP contribution >= 0.6 is 0 Å². The standard InChI is InChI=1S/C21H26F2N4O5S/c1-33(31,32)24-6-9-26-7-4-12(5-8-26)18-15(22)10-13-14(19(18)23)11-27(21(13)30)16-2-3-17(28)25-20(16)29/h10,12,16,24H,2-9,11H2,1H3,(H,25,28,29). The molecule has 2 N–H and O–H groups in total. The molecule has 0 aliphatic carbocycles. The van der Waals surface area contributed by atoms with Crippen LogP contribution in [0.2, 0.25) is 0 Å². The van der Waals surface area contributed by atoms with Crippen molar-refractivity contribution in [1.29, 1.82) is 0 Å². The molecule has 2 saturated heterocycles. The molecule has 3 aliphatic heterocycles. The maximum Gasteiger partial charge on any atom is 0.255 e. The van der Waals surface area contributed by atoms with E-state index in [9.17, 15) is 27.2 Å². The van der Waals surface area contributed by atoms with Crippen LogP contribution in [0, 0.1) is 11.6 Å². The summed E-state index contributed by atoms with van der Waals surface area (Å²) in [6.07, 6.45) is 2.31. The molecule has 3 aliphatic rings. The summed E-state index contributed by atoms with van der Waals surface area (Å²) in [5.41, 5.74) is -0.0378. The predicted molar refractivity (Wildman–Crippen MR) is 114 cm³/mol. The molecule has 180 valence electrons. The summed E-state index contributed by atoms with van der Waals surface area (Å²) in [5.74, 6) is -3.52. The van der Waals surface area contributed by atoms with Gasteiger partial charge in [-0.3, -0.25) is 19.7 Å². The molecular weight excluding hydrogens is 458 g/mol. The SMILES string of the molecule is CS(=O)(=O)NCCN1CCC(c2c(F)cc3c(c2F)CN(C2CCC(=O)NC2=O)C3=O)CC1. The second-order valence-electron chi connectivity index (χ2n) is 8.79. The molecule has 0 spiro atoms. The maximum atomic E-state index is 15.5. The number of halogens is 2. The fourth-order valence-corrected chi connectivity index (χ4v) is 5.32. The molecule has 0 bridgehead atoms. The van der Waals surface area contributed by atoms with Crippen molar-refractivity contribution in [2.24, 2.45) is 0 Å². The lowest BCUT2D eigenvalue weighted by Gasteiger charge is -2.32. The van der Waals surface area contributed by atoms with Crippen LogP contribution in [0.1, 0.15) is 53.1 Å². The van der Waals surface area contributed by atoms with Gasteiger partial charge in [-0.2, -0.15) is 0 Å². The van der Waals surface area contributed by atoms with Crippen molar-refractivity contribution >= 4 is 27.7 Å². The van der Waals surface area contributed by atoms with Crippen molar-refractivity contribution in [3.05, 3.63) is 34.4 Å². The number of rotatable bonds is 6. The molecule has 1 aromatic carbocycles. The fraction of sp³-hybridized carbons (Fsp3) is 0.571. The van der Waals surface area contributed by atoms with Gasteiger partial charge in [0.05, 0.1) is 18.4 Å². The molecule has 1 atom stereocenters. The quantitative estimate of drug-likeness (QED) is 0.567. The Balaban J connectivity index is 1.46. The summed E-state index contributed by atoms with van der Waals surface area (Å²) in [6.45, 7) is 1.75. The van der Waals surface area contributed by atoms with Crippen LogP contribution < -0.4 is 10.0 Å². The number of piperidine rings is 2. The summed E-state index contributed by atoms with van der Waals surface area (Å²) >= 11 is 0. The van der Waals surface area contributed by atoms with Gasteiger partial charge in [0.2, 0.25) is 21.8 Å². The number of imide groups is 1. The molecule has 33 heavy (non-hydrogen) atoms. The highest BCUT2D eigenvalue weighted by molar-refractivity contribution is 7.88. The first-order chi connectivity index (χ1) is 15.5. The number of benzene rings is 1. The molecule has 9 nitrogen and oxygen atoms in total. The minimum Gasteiger partial charge on any atom is -0.322 e. The van der Waals surface area contributed by atoms with E-state index in [2.05, 4.69) is 10.0 Å². The van der Waals surface area contributed by atoms with Gasteiger partial charge in [0, 0.05) is 30.6 Å². The van der Waals surface area contributed by atoms with Gasteiger partial charge in [-0.1, -0.05) is 0 Å². The Kier molecular flexibility index (Phi) is 6.52. The molecule has 1 aromatic rings. The zero-order valence-electron chi connectivity index (χ0n) is 18.2. The van der Waals surface area contributed by atoms with Crippen LogP contribution in [0.3, 0.4) is 0 Å². The lowest BCUT2D eigenvalue weighted by atomic mass is 9.86. The predicted octanol–water partition coefficient (Wildman–Crippen LogP) is 0.454. The summed E-state index contributed by atoms with van der Waals surface area (Å²) in [6, 6.07) is 0.168. The Morgan fingerprint density at radius 2 is 1.85 bits per heavy atom. The van der Waals surface area contributed by atoms with Crippen molar-refractivity contribution in [3.8, 4) is 0 Å². The Bertz CT molecular complexity index is 1100. The molecule has 12 heteroatoms. The first kappa shape index (κ1) is 23.7. The van der Waals surface area contributed by atoms with Crippen molar-refractivity contribution < 1.29 is 31.6 Å². The van der Waals surface area contributed by atoms with Crippen LogP contribution in [0.4, 0.5) is 8.78 Å². The van der Waals surface area contributed by atoms with Gasteiger partial charge in [0.25, 0.3) is 5.91 Å². The van der Waals surface area contributed by atoms with Crippen molar-refractivity contribution in [3.63, 3.8) is 0 Å². The Hall–Kier alpha value is -2.44. The topological polar surface area (TPSA) is 116 Å². The third kappa shape index (κ3) is 4.92. The lowest BCUT2D eigenvalue weighted by molar-refractivity contribution is -0.136. The highest BCUT2D eigenvalue weighted by Crippen LogP contribution is 2.38. The normalized spacial score (nSPS) is 22.6. The minimum atomic E-state index is -3.27. The Labute approximate surface area is 190 Å². The van der Waals surface area contributed by atoms with Crippen LogP contribution in [0.5, 0.6) is 0 Å². The third-order valence-corrected chi connectivity index (χ3v) is 7.28. The van der Waals surface area contributed by atoms with E-state index in [0.717, 1.165) is 12.3 Å². The largest absolute Gasteiger partial charge is 0.322 e. The number of nitrogens with one attached hydrogen (secondary N) is 2. The number of carbonyl (C=O) groups excluding carboxylic acids is 3. The summed E-state index contributed by atoms with van der Waals surface area (Å²) in [7, 11) is -3.27. The van der Waals surface area contributed by atoms with Gasteiger partial charge < -0.3 is 9.80 Å². The number of nitrogens with zero attached hydrogens (tertiary/aromatic N) is 2. The first-order valence-electron chi connectivity index (χ1n) is 10.9. The molecule has 2 fully saturated rings. The molecule has 0 aromatic heterocycles. The van der Waals surface area contributed by atoms with Gasteiger partial charge >= 0.3 is 0 Å². The van der Waals surface area contributed by atoms with E-state index in [-0.39, 0.29) is 48.5 Å². The number of amides is 3. The van der Waals surface area contributed by atoms with Crippen LogP contribution in [0.15, 0.2) is 6.07 Å². The second-order valence-corrected chi connectivity index (χ2v) is 10.6. The Morgan fingerprint density at radius 3 is 2.48 bits per heavy atom. The molecule has 4 rings (SSSR count). The monoisotopic (exact) mass is 484 g/mol. The van der Waals surface area contributed by atoms with Crippen molar-refractivity contribution in [1.82, 2.24) is 19.8 Å². The molecule has 1 unspecified atom stereocenters. The number of fused-ring (bicyclic) bond motifs is 1. The van der Waals surface area contributed by atoms with Gasteiger partial charge in [-0.05, 0) is 44.3 Å². The van der Waals surface area contributed by atoms with Crippen LogP contribution in [0.25, 0.3) is 0 Å². The smallest absolute Gasteiger partial charge is 0.255 e. The molecule has 0 saturated carbocycles. The molecule has 3 amide bonds. The van der Waals surface area contributed by atoms with Crippen molar-refractivity contribution in [2.75, 3.05) is 32.4 Å². The lowest BCUT2D eigenvalue weighted by Crippen LogP contribution is -2.52. The average Bonchev–Trinajstić information content (AvgIpc) is 3.05. The number of likely N-dealkylation sites (tertiary alicyclic amines) is 1. The second kappa shape index (κ2) is 9.07. The van der Waals surface area contributed by atoms with Gasteiger partial charge in [-0.25, -0.2) is 21.9 Å². The first-order valence-corrected chi connectivity index (χ1v) is 12.8. The van der Waals surface area contributed by atoms with E-state index in [4.69, 9.17) is 0 Å². The van der Waals surface area contributed by atoms with Gasteiger partial charge in [0.15, 0.2) is 0 Å². The molecule has 3 heterocycles. The zero-order chi connectivity index (χ0) is 23.9. The van der Waals surface area contributed by atoms with Crippen LogP contribution in [-0.2, 0) is 26.2 Å². The summed E-state index contributed by atoms with van der Waals surface area (Å²) in [4.78, 5) is 39.6. The highest BCUT2D eigenvalue weighted by atomic mass is 32.2. The number of hydrogen-bond donors (Lipinski definition) is 2. The fourth-order valence-electron chi connectivity index (χ4n) is 4.86. The molecule has 0 radical (unpaired) electrons. The summed E-state index contributed by atoms with van der Waals surface area (Å²) in [5, 5.41) is 2.19. The van der Waals surface area contributed by atoms with Gasteiger partial charge in [-0.15, -0.1) is 0 Å². The van der Waals surface area contributed by atoms with E-state index < -0.39 is 45.4 Å². The van der Waals surface area contributed by atoms with E-state index in [1.807, 2.05) is 4.90 Å². The van der Waals surface area contributed by atoms with Gasteiger partial charge in [0.1, 0.15) is 17.7 Å². The van der Waals surface area contributed by atoms with Crippen LogP contribution in [-0.4, -0.2) is 74.4 Å². The van der Waals surface area contributed by atoms with E-state index >= 15 is 4.39 Å². The maximum absolute atomic E-state index is 15.5. The van der Waals surface area contributed by atoms with E-state index in [0.29, 0.717) is 32.5 Å². The minimum absolute atomic E-state index is 0.0411. The number of hydrogen-bond acceptors (Lipinski definition) is 6. The Morgan fingerprint density at radius 1 is 1.15 bits per heavy atom. The zero-order valence-corrected chi connectivity index (χ0v) is 19.0. The highest BCUT2D eigenvalue weighted by Gasteiger charge is 2.42. The molecular formula is C21H26F2N4O5S. The summed E-state index contributed by atoms with van der Waals surface area (Å²) < 4.78 is 55.2. The number of carbonyl (C=O) groups is 3.